The Balaban J connectivity index is 0.00000176. The molecule has 2 aliphatic heterocycles. The maximum atomic E-state index is 13.3. The van der Waals surface area contributed by atoms with Crippen molar-refractivity contribution in [2.24, 2.45) is 0 Å². The van der Waals surface area contributed by atoms with Crippen LogP contribution in [0.2, 0.25) is 0 Å². The summed E-state index contributed by atoms with van der Waals surface area (Å²) in [4.78, 5) is 15.3. The minimum Gasteiger partial charge on any atom is -0.338 e. The zero-order chi connectivity index (χ0) is 14.9. The van der Waals surface area contributed by atoms with Gasteiger partial charge < -0.3 is 10.2 Å². The van der Waals surface area contributed by atoms with Crippen LogP contribution in [-0.2, 0) is 10.3 Å². The summed E-state index contributed by atoms with van der Waals surface area (Å²) >= 11 is 1.96. The van der Waals surface area contributed by atoms with Crippen molar-refractivity contribution in [3.05, 3.63) is 18.5 Å². The number of thioether (sulfide) groups is 1. The molecule has 0 unspecified atom stereocenters. The van der Waals surface area contributed by atoms with Gasteiger partial charge >= 0.3 is 0 Å². The number of piperidine rings is 1. The van der Waals surface area contributed by atoms with E-state index in [2.05, 4.69) is 29.2 Å². The SMILES string of the molecule is CC1(C)CN(C(=O)C2(n3cccn3)CCNCC2)CCS1.Cl. The quantitative estimate of drug-likeness (QED) is 0.887. The molecule has 1 aromatic rings. The summed E-state index contributed by atoms with van der Waals surface area (Å²) in [7, 11) is 0. The van der Waals surface area contributed by atoms with Gasteiger partial charge in [-0.2, -0.15) is 16.9 Å². The molecule has 2 fully saturated rings. The largest absolute Gasteiger partial charge is 0.338 e. The number of carbonyl (C=O) groups is 1. The first-order chi connectivity index (χ1) is 10.0. The number of halogens is 1. The Kier molecular flexibility index (Phi) is 5.45. The van der Waals surface area contributed by atoms with Gasteiger partial charge in [0.05, 0.1) is 0 Å². The van der Waals surface area contributed by atoms with Crippen LogP contribution in [0.15, 0.2) is 18.5 Å². The van der Waals surface area contributed by atoms with Crippen LogP contribution in [0, 0.1) is 0 Å². The van der Waals surface area contributed by atoms with E-state index in [9.17, 15) is 4.79 Å². The highest BCUT2D eigenvalue weighted by atomic mass is 35.5. The Labute approximate surface area is 142 Å². The van der Waals surface area contributed by atoms with Gasteiger partial charge in [0.1, 0.15) is 5.54 Å². The molecule has 0 aromatic carbocycles. The van der Waals surface area contributed by atoms with Crippen LogP contribution >= 0.6 is 24.2 Å². The Bertz CT molecular complexity index is 500. The van der Waals surface area contributed by atoms with Gasteiger partial charge in [-0.3, -0.25) is 9.48 Å². The summed E-state index contributed by atoms with van der Waals surface area (Å²) < 4.78 is 2.04. The van der Waals surface area contributed by atoms with Crippen molar-refractivity contribution in [2.75, 3.05) is 31.9 Å². The van der Waals surface area contributed by atoms with E-state index in [0.717, 1.165) is 44.8 Å². The standard InChI is InChI=1S/C15H24N4OS.ClH/c1-14(2)12-18(10-11-21-14)13(20)15(4-7-16-8-5-15)19-9-3-6-17-19;/h3,6,9,16H,4-5,7-8,10-12H2,1-2H3;1H. The predicted molar refractivity (Wildman–Crippen MR) is 92.7 cm³/mol. The third kappa shape index (κ3) is 3.29. The number of nitrogens with zero attached hydrogens (tertiary/aromatic N) is 3. The molecule has 3 rings (SSSR count). The molecule has 3 heterocycles. The van der Waals surface area contributed by atoms with E-state index in [-0.39, 0.29) is 23.1 Å². The van der Waals surface area contributed by atoms with Crippen LogP contribution in [-0.4, -0.2) is 57.3 Å². The molecule has 2 saturated heterocycles. The van der Waals surface area contributed by atoms with Crippen molar-refractivity contribution in [3.63, 3.8) is 0 Å². The van der Waals surface area contributed by atoms with Crippen LogP contribution in [0.4, 0.5) is 0 Å². The van der Waals surface area contributed by atoms with Gasteiger partial charge in [-0.1, -0.05) is 0 Å². The molecule has 1 aromatic heterocycles. The average molecular weight is 345 g/mol. The number of hydrogen-bond donors (Lipinski definition) is 1. The monoisotopic (exact) mass is 344 g/mol. The fraction of sp³-hybridized carbons (Fsp3) is 0.733. The maximum absolute atomic E-state index is 13.3. The Morgan fingerprint density at radius 3 is 2.64 bits per heavy atom. The number of carbonyl (C=O) groups excluding carboxylic acids is 1. The average Bonchev–Trinajstić information content (AvgIpc) is 3.01. The first-order valence-corrected chi connectivity index (χ1v) is 8.66. The summed E-state index contributed by atoms with van der Waals surface area (Å²) in [5.74, 6) is 1.27. The molecule has 1 N–H and O–H groups in total. The van der Waals surface area contributed by atoms with Crippen LogP contribution in [0.25, 0.3) is 0 Å². The molecular weight excluding hydrogens is 320 g/mol. The summed E-state index contributed by atoms with van der Waals surface area (Å²) in [5, 5.41) is 7.76. The fourth-order valence-corrected chi connectivity index (χ4v) is 4.50. The second-order valence-corrected chi connectivity index (χ2v) is 8.37. The fourth-order valence-electron chi connectivity index (χ4n) is 3.39. The normalized spacial score (nSPS) is 23.6. The number of nitrogens with one attached hydrogen (secondary N) is 1. The maximum Gasteiger partial charge on any atom is 0.250 e. The zero-order valence-corrected chi connectivity index (χ0v) is 14.9. The first kappa shape index (κ1) is 17.6. The molecule has 0 bridgehead atoms. The summed E-state index contributed by atoms with van der Waals surface area (Å²) in [6.45, 7) is 7.87. The number of hydrogen-bond acceptors (Lipinski definition) is 4. The number of amides is 1. The van der Waals surface area contributed by atoms with Crippen LogP contribution < -0.4 is 5.32 Å². The lowest BCUT2D eigenvalue weighted by Gasteiger charge is -2.44. The number of aromatic nitrogens is 2. The van der Waals surface area contributed by atoms with E-state index in [1.165, 1.54) is 0 Å². The smallest absolute Gasteiger partial charge is 0.250 e. The summed E-state index contributed by atoms with van der Waals surface area (Å²) in [5.41, 5.74) is -0.493. The number of rotatable bonds is 2. The van der Waals surface area contributed by atoms with Crippen LogP contribution in [0.1, 0.15) is 26.7 Å². The zero-order valence-electron chi connectivity index (χ0n) is 13.2. The van der Waals surface area contributed by atoms with E-state index in [0.29, 0.717) is 0 Å². The summed E-state index contributed by atoms with van der Waals surface area (Å²) in [6.07, 6.45) is 5.34. The van der Waals surface area contributed by atoms with Gasteiger partial charge in [0, 0.05) is 36.0 Å². The lowest BCUT2D eigenvalue weighted by Crippen LogP contribution is -2.58. The van der Waals surface area contributed by atoms with Crippen molar-refractivity contribution < 1.29 is 4.79 Å². The Morgan fingerprint density at radius 1 is 1.32 bits per heavy atom. The molecule has 2 aliphatic rings. The third-order valence-corrected chi connectivity index (χ3v) is 5.78. The van der Waals surface area contributed by atoms with E-state index in [1.54, 1.807) is 6.20 Å². The molecule has 22 heavy (non-hydrogen) atoms. The van der Waals surface area contributed by atoms with E-state index < -0.39 is 5.54 Å². The van der Waals surface area contributed by atoms with Gasteiger partial charge in [0.2, 0.25) is 0 Å². The van der Waals surface area contributed by atoms with Crippen molar-refractivity contribution in [3.8, 4) is 0 Å². The van der Waals surface area contributed by atoms with Crippen LogP contribution in [0.5, 0.6) is 0 Å². The molecule has 0 radical (unpaired) electrons. The lowest BCUT2D eigenvalue weighted by molar-refractivity contribution is -0.143. The second kappa shape index (κ2) is 6.81. The van der Waals surface area contributed by atoms with Crippen molar-refractivity contribution in [1.82, 2.24) is 20.0 Å². The molecule has 1 amide bonds. The highest BCUT2D eigenvalue weighted by molar-refractivity contribution is 8.00. The molecule has 0 saturated carbocycles. The van der Waals surface area contributed by atoms with Gasteiger partial charge in [-0.05, 0) is 45.8 Å². The first-order valence-electron chi connectivity index (χ1n) is 7.68. The van der Waals surface area contributed by atoms with Crippen molar-refractivity contribution >= 4 is 30.1 Å². The second-order valence-electron chi connectivity index (χ2n) is 6.57. The molecule has 0 atom stereocenters. The predicted octanol–water partition coefficient (Wildman–Crippen LogP) is 1.74. The Hall–Kier alpha value is -0.720. The van der Waals surface area contributed by atoms with E-state index in [4.69, 9.17) is 0 Å². The lowest BCUT2D eigenvalue weighted by atomic mass is 9.86. The van der Waals surface area contributed by atoms with Crippen LogP contribution in [0.3, 0.4) is 0 Å². The summed E-state index contributed by atoms with van der Waals surface area (Å²) in [6, 6.07) is 1.91. The minimum atomic E-state index is -0.493. The molecule has 0 spiro atoms. The molecule has 7 heteroatoms. The van der Waals surface area contributed by atoms with E-state index in [1.807, 2.05) is 28.7 Å². The molecule has 5 nitrogen and oxygen atoms in total. The van der Waals surface area contributed by atoms with Crippen molar-refractivity contribution in [2.45, 2.75) is 37.0 Å². The van der Waals surface area contributed by atoms with Gasteiger partial charge in [-0.15, -0.1) is 12.4 Å². The highest BCUT2D eigenvalue weighted by Crippen LogP contribution is 2.34. The van der Waals surface area contributed by atoms with Gasteiger partial charge in [-0.25, -0.2) is 0 Å². The third-order valence-electron chi connectivity index (χ3n) is 4.48. The molecular formula is C15H25ClN4OS. The highest BCUT2D eigenvalue weighted by Gasteiger charge is 2.46. The van der Waals surface area contributed by atoms with Crippen molar-refractivity contribution in [1.29, 1.82) is 0 Å². The van der Waals surface area contributed by atoms with Gasteiger partial charge in [0.25, 0.3) is 5.91 Å². The molecule has 124 valence electrons. The van der Waals surface area contributed by atoms with Gasteiger partial charge in [0.15, 0.2) is 0 Å². The molecule has 0 aliphatic carbocycles. The minimum absolute atomic E-state index is 0. The Morgan fingerprint density at radius 2 is 2.05 bits per heavy atom. The topological polar surface area (TPSA) is 50.2 Å². The van der Waals surface area contributed by atoms with E-state index >= 15 is 0 Å².